The Kier molecular flexibility index (Phi) is 4.73. The summed E-state index contributed by atoms with van der Waals surface area (Å²) in [5, 5.41) is 10.3. The molecule has 25 heavy (non-hydrogen) atoms. The maximum absolute atomic E-state index is 13.8. The van der Waals surface area contributed by atoms with E-state index in [1.807, 2.05) is 18.2 Å². The zero-order valence-electron chi connectivity index (χ0n) is 14.5. The van der Waals surface area contributed by atoms with Crippen LogP contribution < -0.4 is 0 Å². The van der Waals surface area contributed by atoms with E-state index in [1.165, 1.54) is 23.6 Å². The molecule has 0 amide bonds. The Labute approximate surface area is 148 Å². The zero-order chi connectivity index (χ0) is 17.2. The minimum atomic E-state index is -0.118. The standard InChI is InChI=1S/C21H25FN2O/c22-20-7-2-1-4-18(20)14-23-8-10-24(11-9-23)15-19-12-16-5-3-6-17(16)13-21(19)25/h1-2,4,7,12-13,25H,3,5-6,8-11,14-15H2. The van der Waals surface area contributed by atoms with E-state index in [0.29, 0.717) is 12.3 Å². The molecular weight excluding hydrogens is 315 g/mol. The van der Waals surface area contributed by atoms with Gasteiger partial charge in [-0.2, -0.15) is 0 Å². The topological polar surface area (TPSA) is 26.7 Å². The highest BCUT2D eigenvalue weighted by molar-refractivity contribution is 5.44. The Morgan fingerprint density at radius 2 is 1.44 bits per heavy atom. The van der Waals surface area contributed by atoms with Gasteiger partial charge in [0, 0.05) is 50.4 Å². The van der Waals surface area contributed by atoms with Gasteiger partial charge in [0.05, 0.1) is 0 Å². The third-order valence-corrected chi connectivity index (χ3v) is 5.50. The first-order valence-corrected chi connectivity index (χ1v) is 9.21. The van der Waals surface area contributed by atoms with Gasteiger partial charge in [0.2, 0.25) is 0 Å². The van der Waals surface area contributed by atoms with Crippen molar-refractivity contribution in [1.82, 2.24) is 9.80 Å². The van der Waals surface area contributed by atoms with Gasteiger partial charge >= 0.3 is 0 Å². The van der Waals surface area contributed by atoms with Gasteiger partial charge in [0.15, 0.2) is 0 Å². The number of phenols is 1. The molecule has 2 aliphatic rings. The second kappa shape index (κ2) is 7.14. The first kappa shape index (κ1) is 16.6. The first-order chi connectivity index (χ1) is 12.2. The average molecular weight is 340 g/mol. The van der Waals surface area contributed by atoms with Gasteiger partial charge in [-0.1, -0.05) is 24.3 Å². The van der Waals surface area contributed by atoms with Crippen molar-refractivity contribution < 1.29 is 9.50 Å². The average Bonchev–Trinajstić information content (AvgIpc) is 3.06. The van der Waals surface area contributed by atoms with Gasteiger partial charge in [-0.05, 0) is 42.5 Å². The molecule has 0 saturated carbocycles. The summed E-state index contributed by atoms with van der Waals surface area (Å²) in [5.41, 5.74) is 4.54. The molecule has 1 heterocycles. The summed E-state index contributed by atoms with van der Waals surface area (Å²) in [7, 11) is 0. The van der Waals surface area contributed by atoms with Crippen molar-refractivity contribution in [2.75, 3.05) is 26.2 Å². The number of fused-ring (bicyclic) bond motifs is 1. The molecule has 0 bridgehead atoms. The van der Waals surface area contributed by atoms with E-state index in [0.717, 1.165) is 56.7 Å². The molecule has 0 radical (unpaired) electrons. The van der Waals surface area contributed by atoms with Crippen LogP contribution in [0.25, 0.3) is 0 Å². The normalized spacial score (nSPS) is 18.4. The molecule has 0 unspecified atom stereocenters. The van der Waals surface area contributed by atoms with E-state index < -0.39 is 0 Å². The third kappa shape index (κ3) is 3.70. The fourth-order valence-corrected chi connectivity index (χ4v) is 4.00. The van der Waals surface area contributed by atoms with Crippen LogP contribution in [0, 0.1) is 5.82 Å². The molecule has 1 aliphatic heterocycles. The molecule has 3 nitrogen and oxygen atoms in total. The van der Waals surface area contributed by atoms with Crippen LogP contribution in [0.15, 0.2) is 36.4 Å². The van der Waals surface area contributed by atoms with E-state index in [4.69, 9.17) is 0 Å². The number of aryl methyl sites for hydroxylation is 2. The zero-order valence-corrected chi connectivity index (χ0v) is 14.5. The Bertz CT molecular complexity index is 754. The van der Waals surface area contributed by atoms with Crippen molar-refractivity contribution >= 4 is 0 Å². The minimum absolute atomic E-state index is 0.118. The van der Waals surface area contributed by atoms with Crippen LogP contribution in [0.4, 0.5) is 4.39 Å². The van der Waals surface area contributed by atoms with Crippen LogP contribution in [0.2, 0.25) is 0 Å². The van der Waals surface area contributed by atoms with Gasteiger partial charge in [0.1, 0.15) is 11.6 Å². The number of halogens is 1. The molecule has 4 heteroatoms. The van der Waals surface area contributed by atoms with Crippen LogP contribution in [-0.4, -0.2) is 41.1 Å². The summed E-state index contributed by atoms with van der Waals surface area (Å²) in [6.45, 7) is 5.23. The predicted molar refractivity (Wildman–Crippen MR) is 97.1 cm³/mol. The number of hydrogen-bond acceptors (Lipinski definition) is 3. The lowest BCUT2D eigenvalue weighted by Crippen LogP contribution is -2.45. The quantitative estimate of drug-likeness (QED) is 0.925. The van der Waals surface area contributed by atoms with E-state index >= 15 is 0 Å². The number of hydrogen-bond donors (Lipinski definition) is 1. The second-order valence-electron chi connectivity index (χ2n) is 7.25. The van der Waals surface area contributed by atoms with Gasteiger partial charge in [-0.15, -0.1) is 0 Å². The van der Waals surface area contributed by atoms with Crippen LogP contribution in [0.1, 0.15) is 28.7 Å². The molecule has 2 aromatic rings. The largest absolute Gasteiger partial charge is 0.508 e. The number of phenolic OH excluding ortho intramolecular Hbond substituents is 1. The highest BCUT2D eigenvalue weighted by atomic mass is 19.1. The van der Waals surface area contributed by atoms with Crippen molar-refractivity contribution in [3.05, 3.63) is 64.5 Å². The van der Waals surface area contributed by atoms with Crippen molar-refractivity contribution in [3.8, 4) is 5.75 Å². The number of nitrogens with zero attached hydrogens (tertiary/aromatic N) is 2. The van der Waals surface area contributed by atoms with E-state index in [2.05, 4.69) is 15.9 Å². The maximum Gasteiger partial charge on any atom is 0.127 e. The molecule has 4 rings (SSSR count). The number of aromatic hydroxyl groups is 1. The van der Waals surface area contributed by atoms with Gasteiger partial charge in [-0.25, -0.2) is 4.39 Å². The first-order valence-electron chi connectivity index (χ1n) is 9.21. The van der Waals surface area contributed by atoms with Crippen molar-refractivity contribution in [2.24, 2.45) is 0 Å². The summed E-state index contributed by atoms with van der Waals surface area (Å²) in [6, 6.07) is 11.2. The number of rotatable bonds is 4. The van der Waals surface area contributed by atoms with Crippen molar-refractivity contribution in [2.45, 2.75) is 32.4 Å². The second-order valence-corrected chi connectivity index (χ2v) is 7.25. The fraction of sp³-hybridized carbons (Fsp3) is 0.429. The Hall–Kier alpha value is -1.91. The van der Waals surface area contributed by atoms with E-state index in [9.17, 15) is 9.50 Å². The van der Waals surface area contributed by atoms with Gasteiger partial charge in [0.25, 0.3) is 0 Å². The van der Waals surface area contributed by atoms with Crippen LogP contribution in [0.5, 0.6) is 5.75 Å². The lowest BCUT2D eigenvalue weighted by atomic mass is 10.0. The lowest BCUT2D eigenvalue weighted by Gasteiger charge is -2.35. The van der Waals surface area contributed by atoms with E-state index in [-0.39, 0.29) is 5.82 Å². The summed E-state index contributed by atoms with van der Waals surface area (Å²) in [6.07, 6.45) is 3.43. The molecule has 2 aromatic carbocycles. The fourth-order valence-electron chi connectivity index (χ4n) is 4.00. The third-order valence-electron chi connectivity index (χ3n) is 5.50. The molecule has 132 valence electrons. The SMILES string of the molecule is Oc1cc2c(cc1CN1CCN(Cc3ccccc3F)CC1)CCC2. The Morgan fingerprint density at radius 1 is 0.840 bits per heavy atom. The van der Waals surface area contributed by atoms with Crippen molar-refractivity contribution in [3.63, 3.8) is 0 Å². The van der Waals surface area contributed by atoms with Crippen LogP contribution >= 0.6 is 0 Å². The smallest absolute Gasteiger partial charge is 0.127 e. The highest BCUT2D eigenvalue weighted by Crippen LogP contribution is 2.30. The monoisotopic (exact) mass is 340 g/mol. The van der Waals surface area contributed by atoms with Crippen molar-refractivity contribution in [1.29, 1.82) is 0 Å². The highest BCUT2D eigenvalue weighted by Gasteiger charge is 2.20. The number of piperazine rings is 1. The summed E-state index contributed by atoms with van der Waals surface area (Å²) >= 11 is 0. The van der Waals surface area contributed by atoms with Crippen LogP contribution in [0.3, 0.4) is 0 Å². The predicted octanol–water partition coefficient (Wildman–Crippen LogP) is 3.34. The summed E-state index contributed by atoms with van der Waals surface area (Å²) in [4.78, 5) is 4.69. The molecule has 1 N–H and O–H groups in total. The number of benzene rings is 2. The minimum Gasteiger partial charge on any atom is -0.508 e. The van der Waals surface area contributed by atoms with Gasteiger partial charge in [-0.3, -0.25) is 9.80 Å². The maximum atomic E-state index is 13.8. The molecule has 0 spiro atoms. The summed E-state index contributed by atoms with van der Waals surface area (Å²) in [5.74, 6) is 0.322. The Morgan fingerprint density at radius 3 is 2.12 bits per heavy atom. The lowest BCUT2D eigenvalue weighted by molar-refractivity contribution is 0.120. The van der Waals surface area contributed by atoms with E-state index in [1.54, 1.807) is 6.07 Å². The van der Waals surface area contributed by atoms with Gasteiger partial charge < -0.3 is 5.11 Å². The summed E-state index contributed by atoms with van der Waals surface area (Å²) < 4.78 is 13.8. The van der Waals surface area contributed by atoms with Crippen LogP contribution in [-0.2, 0) is 25.9 Å². The Balaban J connectivity index is 1.34. The molecule has 0 atom stereocenters. The molecule has 1 aliphatic carbocycles. The molecule has 1 saturated heterocycles. The molecule has 0 aromatic heterocycles. The molecular formula is C21H25FN2O. The molecule has 1 fully saturated rings.